The summed E-state index contributed by atoms with van der Waals surface area (Å²) in [7, 11) is 1.86. The molecule has 2 N–H and O–H groups in total. The molecule has 0 fully saturated rings. The number of hydrogen-bond donors (Lipinski definition) is 2. The van der Waals surface area contributed by atoms with Gasteiger partial charge in [-0.2, -0.15) is 0 Å². The Morgan fingerprint density at radius 1 is 1.00 bits per heavy atom. The maximum absolute atomic E-state index is 13.1. The molecule has 1 heterocycles. The molecule has 0 bridgehead atoms. The van der Waals surface area contributed by atoms with E-state index in [-0.39, 0.29) is 11.4 Å². The number of nitrogens with one attached hydrogen (secondary N) is 2. The predicted octanol–water partition coefficient (Wildman–Crippen LogP) is 2.49. The summed E-state index contributed by atoms with van der Waals surface area (Å²) in [5.41, 5.74) is 3.13. The lowest BCUT2D eigenvalue weighted by atomic mass is 10.1. The summed E-state index contributed by atoms with van der Waals surface area (Å²) in [5.74, 6) is 2.97. The average molecular weight is 461 g/mol. The maximum Gasteiger partial charge on any atom is 0.241 e. The summed E-state index contributed by atoms with van der Waals surface area (Å²) in [6.45, 7) is 0.0256. The molecule has 0 spiro atoms. The van der Waals surface area contributed by atoms with Crippen molar-refractivity contribution in [2.24, 2.45) is 0 Å². The topological polar surface area (TPSA) is 92.2 Å². The third kappa shape index (κ3) is 4.82. The van der Waals surface area contributed by atoms with Crippen molar-refractivity contribution in [2.75, 3.05) is 26.0 Å². The van der Waals surface area contributed by atoms with Gasteiger partial charge in [0.25, 0.3) is 0 Å². The summed E-state index contributed by atoms with van der Waals surface area (Å²) >= 11 is 0. The van der Waals surface area contributed by atoms with Crippen LogP contribution in [-0.2, 0) is 16.6 Å². The molecule has 4 rings (SSSR count). The smallest absolute Gasteiger partial charge is 0.241 e. The van der Waals surface area contributed by atoms with Crippen LogP contribution < -0.4 is 14.9 Å². The molecule has 0 aliphatic heterocycles. The van der Waals surface area contributed by atoms with Crippen LogP contribution in [0.4, 0.5) is 5.69 Å². The van der Waals surface area contributed by atoms with Crippen LogP contribution in [0.15, 0.2) is 71.8 Å². The Kier molecular flexibility index (Phi) is 6.31. The van der Waals surface area contributed by atoms with Gasteiger partial charge < -0.3 is 10.2 Å². The molecule has 168 valence electrons. The number of fused-ring (bicyclic) bond motifs is 1. The van der Waals surface area contributed by atoms with E-state index in [0.29, 0.717) is 11.1 Å². The molecule has 3 aromatic carbocycles. The third-order valence-electron chi connectivity index (χ3n) is 5.08. The molecule has 0 radical (unpaired) electrons. The number of rotatable bonds is 6. The third-order valence-corrected chi connectivity index (χ3v) is 6.54. The lowest BCUT2D eigenvalue weighted by Gasteiger charge is -2.17. The van der Waals surface area contributed by atoms with Gasteiger partial charge in [0.1, 0.15) is 0 Å². The van der Waals surface area contributed by atoms with E-state index in [1.54, 1.807) is 30.1 Å². The van der Waals surface area contributed by atoms with E-state index in [0.717, 1.165) is 22.3 Å². The van der Waals surface area contributed by atoms with E-state index >= 15 is 0 Å². The van der Waals surface area contributed by atoms with Gasteiger partial charge in [-0.05, 0) is 42.3 Å². The Labute approximate surface area is 193 Å². The van der Waals surface area contributed by atoms with E-state index in [2.05, 4.69) is 32.3 Å². The Morgan fingerprint density at radius 3 is 2.45 bits per heavy atom. The standard InChI is InChI=1S/C24H24N6O2S/c1-25-15-14-18-10-12-20(13-11-18)30-17-19(27-28-30)16-26-33(31,32)24-9-5-6-21-22(24)7-4-8-23(21)29(2)3/h4-13,17,25-26H,16H2,1-3H3. The summed E-state index contributed by atoms with van der Waals surface area (Å²) < 4.78 is 30.5. The van der Waals surface area contributed by atoms with Gasteiger partial charge in [-0.25, -0.2) is 17.8 Å². The molecule has 9 heteroatoms. The highest BCUT2D eigenvalue weighted by molar-refractivity contribution is 7.89. The molecule has 0 amide bonds. The summed E-state index contributed by atoms with van der Waals surface area (Å²) in [6, 6.07) is 21.2. The normalized spacial score (nSPS) is 11.1. The molecule has 0 saturated heterocycles. The van der Waals surface area contributed by atoms with Crippen molar-refractivity contribution in [2.45, 2.75) is 11.4 Å². The van der Waals surface area contributed by atoms with Crippen molar-refractivity contribution in [1.82, 2.24) is 25.0 Å². The lowest BCUT2D eigenvalue weighted by Crippen LogP contribution is -2.23. The highest BCUT2D eigenvalue weighted by Gasteiger charge is 2.19. The van der Waals surface area contributed by atoms with Crippen molar-refractivity contribution in [3.05, 3.63) is 78.1 Å². The number of benzene rings is 3. The first-order chi connectivity index (χ1) is 15.9. The van der Waals surface area contributed by atoms with E-state index in [4.69, 9.17) is 0 Å². The van der Waals surface area contributed by atoms with Gasteiger partial charge in [-0.1, -0.05) is 29.5 Å². The summed E-state index contributed by atoms with van der Waals surface area (Å²) in [5, 5.41) is 12.5. The van der Waals surface area contributed by atoms with E-state index < -0.39 is 10.0 Å². The maximum atomic E-state index is 13.1. The second-order valence-electron chi connectivity index (χ2n) is 7.55. The van der Waals surface area contributed by atoms with Gasteiger partial charge in [0.05, 0.1) is 29.0 Å². The van der Waals surface area contributed by atoms with Crippen molar-refractivity contribution in [3.8, 4) is 17.7 Å². The highest BCUT2D eigenvalue weighted by atomic mass is 32.2. The Balaban J connectivity index is 1.53. The fraction of sp³-hybridized carbons (Fsp3) is 0.167. The quantitative estimate of drug-likeness (QED) is 0.339. The SMILES string of the molecule is CNC#Cc1ccc(-n2cc(CNS(=O)(=O)c3cccc4c(N(C)C)cccc34)nn2)cc1. The first-order valence-corrected chi connectivity index (χ1v) is 11.8. The van der Waals surface area contributed by atoms with Gasteiger partial charge in [0, 0.05) is 49.2 Å². The molecular weight excluding hydrogens is 436 g/mol. The molecule has 1 aromatic heterocycles. The fourth-order valence-electron chi connectivity index (χ4n) is 3.47. The monoisotopic (exact) mass is 460 g/mol. The lowest BCUT2D eigenvalue weighted by molar-refractivity contribution is 0.581. The van der Waals surface area contributed by atoms with Gasteiger partial charge in [-0.15, -0.1) is 5.10 Å². The van der Waals surface area contributed by atoms with Crippen LogP contribution in [0, 0.1) is 12.0 Å². The molecule has 0 atom stereocenters. The molecule has 0 aliphatic rings. The van der Waals surface area contributed by atoms with Crippen LogP contribution >= 0.6 is 0 Å². The second-order valence-corrected chi connectivity index (χ2v) is 9.28. The number of hydrogen-bond acceptors (Lipinski definition) is 6. The molecule has 0 saturated carbocycles. The van der Waals surface area contributed by atoms with Crippen LogP contribution in [0.25, 0.3) is 16.5 Å². The highest BCUT2D eigenvalue weighted by Crippen LogP contribution is 2.30. The summed E-state index contributed by atoms with van der Waals surface area (Å²) in [4.78, 5) is 2.19. The molecule has 33 heavy (non-hydrogen) atoms. The second kappa shape index (κ2) is 9.32. The average Bonchev–Trinajstić information content (AvgIpc) is 3.30. The minimum absolute atomic E-state index is 0.0256. The Hall–Kier alpha value is -3.87. The van der Waals surface area contributed by atoms with Crippen molar-refractivity contribution >= 4 is 26.5 Å². The Morgan fingerprint density at radius 2 is 1.73 bits per heavy atom. The molecular formula is C24H24N6O2S. The number of nitrogens with zero attached hydrogens (tertiary/aromatic N) is 4. The van der Waals surface area contributed by atoms with Gasteiger partial charge in [0.2, 0.25) is 10.0 Å². The zero-order valence-corrected chi connectivity index (χ0v) is 19.4. The van der Waals surface area contributed by atoms with Crippen molar-refractivity contribution < 1.29 is 8.42 Å². The van der Waals surface area contributed by atoms with Crippen LogP contribution in [0.5, 0.6) is 0 Å². The van der Waals surface area contributed by atoms with Gasteiger partial charge >= 0.3 is 0 Å². The Bertz CT molecular complexity index is 1450. The van der Waals surface area contributed by atoms with E-state index in [1.165, 1.54) is 0 Å². The van der Waals surface area contributed by atoms with Gasteiger partial charge in [0.15, 0.2) is 0 Å². The number of sulfonamides is 1. The van der Waals surface area contributed by atoms with Crippen LogP contribution in [0.3, 0.4) is 0 Å². The molecule has 0 unspecified atom stereocenters. The van der Waals surface area contributed by atoms with Gasteiger partial charge in [-0.3, -0.25) is 0 Å². The first-order valence-electron chi connectivity index (χ1n) is 10.3. The number of anilines is 1. The molecule has 8 nitrogen and oxygen atoms in total. The van der Waals surface area contributed by atoms with Crippen molar-refractivity contribution in [1.29, 1.82) is 0 Å². The summed E-state index contributed by atoms with van der Waals surface area (Å²) in [6.07, 6.45) is 1.70. The minimum atomic E-state index is -3.76. The van der Waals surface area contributed by atoms with Crippen LogP contribution in [-0.4, -0.2) is 44.6 Å². The van der Waals surface area contributed by atoms with Crippen molar-refractivity contribution in [3.63, 3.8) is 0 Å². The first kappa shape index (κ1) is 22.3. The fourth-order valence-corrected chi connectivity index (χ4v) is 4.69. The minimum Gasteiger partial charge on any atom is -0.377 e. The van der Waals surface area contributed by atoms with E-state index in [9.17, 15) is 8.42 Å². The largest absolute Gasteiger partial charge is 0.377 e. The number of aromatic nitrogens is 3. The predicted molar refractivity (Wildman–Crippen MR) is 130 cm³/mol. The van der Waals surface area contributed by atoms with E-state index in [1.807, 2.05) is 67.5 Å². The molecule has 4 aromatic rings. The molecule has 0 aliphatic carbocycles. The zero-order chi connectivity index (χ0) is 23.4. The van der Waals surface area contributed by atoms with Crippen LogP contribution in [0.2, 0.25) is 0 Å². The van der Waals surface area contributed by atoms with Crippen LogP contribution in [0.1, 0.15) is 11.3 Å². The zero-order valence-electron chi connectivity index (χ0n) is 18.6.